The third-order valence-corrected chi connectivity index (χ3v) is 26.3. The summed E-state index contributed by atoms with van der Waals surface area (Å²) in [5.74, 6) is -2.35. The molecule has 2 amide bonds. The summed E-state index contributed by atoms with van der Waals surface area (Å²) in [7, 11) is -17.4. The van der Waals surface area contributed by atoms with E-state index in [4.69, 9.17) is 0 Å². The van der Waals surface area contributed by atoms with Crippen molar-refractivity contribution in [3.8, 4) is 0 Å². The number of carbonyl (C=O) groups excluding carboxylic acids is 2. The zero-order valence-corrected chi connectivity index (χ0v) is 50.9. The van der Waals surface area contributed by atoms with Crippen molar-refractivity contribution in [2.45, 2.75) is 115 Å². The molecule has 4 heterocycles. The number of amides is 2. The number of nitrogens with one attached hydrogen (secondary N) is 4. The Hall–Kier alpha value is -7.58. The van der Waals surface area contributed by atoms with Gasteiger partial charge in [0.2, 0.25) is 11.8 Å². The molecule has 4 fully saturated rings. The van der Waals surface area contributed by atoms with Gasteiger partial charge in [-0.2, -0.15) is 0 Å². The summed E-state index contributed by atoms with van der Waals surface area (Å²) in [6.45, 7) is 4.79. The molecular weight excluding hydrogens is 1160 g/mol. The van der Waals surface area contributed by atoms with Crippen molar-refractivity contribution in [3.05, 3.63) is 265 Å². The van der Waals surface area contributed by atoms with Gasteiger partial charge in [0.15, 0.2) is 39.3 Å². The topological polar surface area (TPSA) is 219 Å². The molecule has 8 aromatic rings. The van der Waals surface area contributed by atoms with Crippen LogP contribution in [0.5, 0.6) is 0 Å². The summed E-state index contributed by atoms with van der Waals surface area (Å²) < 4.78 is 117. The Morgan fingerprint density at radius 2 is 0.570 bits per heavy atom. The van der Waals surface area contributed by atoms with Crippen LogP contribution in [0.25, 0.3) is 0 Å². The summed E-state index contributed by atoms with van der Waals surface area (Å²) in [6, 6.07) is 65.5. The molecule has 0 aromatic heterocycles. The second-order valence-electron chi connectivity index (χ2n) is 22.1. The highest BCUT2D eigenvalue weighted by Gasteiger charge is 2.73. The standard InChI is InChI=1S/2C31H28N2O5S2.C6H14/c2*34-30-31(26(21-32-30)22-13-5-1-6-14-22)29(40(37,38)25-19-11-4-12-20-25)28(27(33-31)23-15-7-2-8-16-23)39(35,36)24-17-9-3-10-18-24;1-3-5-6-4-2/h2*1-20,26-29,33H,21H2,(H,32,34);3-6H2,1-2H3/t2*26-,27-,28-,29+,31-;/m00./s1. The number of hydrogen-bond acceptors (Lipinski definition) is 12. The molecule has 0 radical (unpaired) electrons. The van der Waals surface area contributed by atoms with E-state index in [1.807, 2.05) is 72.8 Å². The summed E-state index contributed by atoms with van der Waals surface area (Å²) in [5.41, 5.74) is -0.865. The molecule has 2 spiro atoms. The molecule has 86 heavy (non-hydrogen) atoms. The van der Waals surface area contributed by atoms with Gasteiger partial charge in [-0.25, -0.2) is 33.7 Å². The lowest BCUT2D eigenvalue weighted by molar-refractivity contribution is -0.125. The molecule has 4 aliphatic rings. The maximum absolute atomic E-state index is 14.7. The third kappa shape index (κ3) is 11.4. The second-order valence-corrected chi connectivity index (χ2v) is 30.4. The van der Waals surface area contributed by atoms with Crippen LogP contribution in [-0.4, -0.2) is 90.7 Å². The minimum atomic E-state index is -4.39. The molecule has 446 valence electrons. The lowest BCUT2D eigenvalue weighted by atomic mass is 9.80. The number of benzene rings is 8. The highest BCUT2D eigenvalue weighted by molar-refractivity contribution is 7.96. The average molecular weight is 1230 g/mol. The van der Waals surface area contributed by atoms with Crippen molar-refractivity contribution < 1.29 is 43.3 Å². The predicted molar refractivity (Wildman–Crippen MR) is 334 cm³/mol. The Bertz CT molecular complexity index is 3800. The number of rotatable bonds is 15. The number of carbonyl (C=O) groups is 2. The van der Waals surface area contributed by atoms with Crippen molar-refractivity contribution in [1.82, 2.24) is 21.3 Å². The zero-order chi connectivity index (χ0) is 60.7. The molecule has 0 aliphatic carbocycles. The first kappa shape index (κ1) is 61.5. The van der Waals surface area contributed by atoms with Gasteiger partial charge in [0.05, 0.1) is 31.7 Å². The molecule has 4 aliphatic heterocycles. The van der Waals surface area contributed by atoms with Crippen molar-refractivity contribution >= 4 is 51.2 Å². The van der Waals surface area contributed by atoms with Gasteiger partial charge in [0.25, 0.3) is 0 Å². The van der Waals surface area contributed by atoms with E-state index < -0.39 is 107 Å². The largest absolute Gasteiger partial charge is 0.354 e. The molecule has 14 nitrogen and oxygen atoms in total. The van der Waals surface area contributed by atoms with E-state index in [1.54, 1.807) is 121 Å². The lowest BCUT2D eigenvalue weighted by Crippen LogP contribution is -2.60. The van der Waals surface area contributed by atoms with E-state index in [2.05, 4.69) is 35.1 Å². The molecule has 0 bridgehead atoms. The van der Waals surface area contributed by atoms with Gasteiger partial charge in [-0.3, -0.25) is 20.2 Å². The van der Waals surface area contributed by atoms with Gasteiger partial charge in [-0.05, 0) is 70.8 Å². The van der Waals surface area contributed by atoms with Crippen molar-refractivity contribution in [3.63, 3.8) is 0 Å². The minimum absolute atomic E-state index is 0.00251. The first-order valence-electron chi connectivity index (χ1n) is 28.9. The second kappa shape index (κ2) is 25.8. The Morgan fingerprint density at radius 1 is 0.337 bits per heavy atom. The van der Waals surface area contributed by atoms with Gasteiger partial charge in [-0.1, -0.05) is 234 Å². The van der Waals surface area contributed by atoms with Crippen molar-refractivity contribution in [2.75, 3.05) is 13.1 Å². The zero-order valence-electron chi connectivity index (χ0n) is 47.7. The van der Waals surface area contributed by atoms with E-state index in [0.29, 0.717) is 11.1 Å². The fraction of sp³-hybridized carbons (Fsp3) is 0.265. The third-order valence-electron chi connectivity index (χ3n) is 17.1. The smallest absolute Gasteiger partial charge is 0.242 e. The van der Waals surface area contributed by atoms with Crippen LogP contribution in [0.15, 0.2) is 262 Å². The fourth-order valence-corrected chi connectivity index (χ4v) is 23.1. The van der Waals surface area contributed by atoms with Crippen LogP contribution in [-0.2, 0) is 48.9 Å². The van der Waals surface area contributed by atoms with Gasteiger partial charge >= 0.3 is 0 Å². The highest BCUT2D eigenvalue weighted by Crippen LogP contribution is 2.54. The van der Waals surface area contributed by atoms with Gasteiger partial charge in [-0.15, -0.1) is 0 Å². The fourth-order valence-electron chi connectivity index (χ4n) is 13.1. The van der Waals surface area contributed by atoms with E-state index in [9.17, 15) is 43.3 Å². The Labute approximate surface area is 505 Å². The summed E-state index contributed by atoms with van der Waals surface area (Å²) >= 11 is 0. The highest BCUT2D eigenvalue weighted by atomic mass is 32.2. The van der Waals surface area contributed by atoms with Crippen LogP contribution >= 0.6 is 0 Å². The van der Waals surface area contributed by atoms with Crippen molar-refractivity contribution in [2.24, 2.45) is 0 Å². The Morgan fingerprint density at radius 3 is 0.826 bits per heavy atom. The molecule has 4 saturated heterocycles. The van der Waals surface area contributed by atoms with Gasteiger partial charge in [0, 0.05) is 24.9 Å². The number of hydrogen-bond donors (Lipinski definition) is 4. The average Bonchev–Trinajstić information content (AvgIpc) is 1.53. The number of sulfone groups is 4. The van der Waals surface area contributed by atoms with Crippen LogP contribution in [0.1, 0.15) is 85.7 Å². The molecule has 4 N–H and O–H groups in total. The van der Waals surface area contributed by atoms with Crippen LogP contribution in [0.4, 0.5) is 0 Å². The van der Waals surface area contributed by atoms with E-state index in [1.165, 1.54) is 74.2 Å². The minimum Gasteiger partial charge on any atom is -0.354 e. The monoisotopic (exact) mass is 1230 g/mol. The van der Waals surface area contributed by atoms with Crippen LogP contribution in [0.2, 0.25) is 0 Å². The number of unbranched alkanes of at least 4 members (excludes halogenated alkanes) is 3. The predicted octanol–water partition coefficient (Wildman–Crippen LogP) is 9.92. The van der Waals surface area contributed by atoms with Gasteiger partial charge < -0.3 is 10.6 Å². The summed E-state index contributed by atoms with van der Waals surface area (Å²) in [5, 5.41) is 6.21. The maximum atomic E-state index is 14.7. The maximum Gasteiger partial charge on any atom is 0.242 e. The molecular formula is C68H70N4O10S4. The summed E-state index contributed by atoms with van der Waals surface area (Å²) in [6.07, 6.45) is 5.54. The van der Waals surface area contributed by atoms with Crippen molar-refractivity contribution in [1.29, 1.82) is 0 Å². The first-order valence-corrected chi connectivity index (χ1v) is 35.1. The van der Waals surface area contributed by atoms with Crippen LogP contribution in [0.3, 0.4) is 0 Å². The lowest BCUT2D eigenvalue weighted by Gasteiger charge is -2.35. The van der Waals surface area contributed by atoms with E-state index in [0.717, 1.165) is 11.1 Å². The van der Waals surface area contributed by atoms with Gasteiger partial charge in [0.1, 0.15) is 32.1 Å². The molecule has 8 aromatic carbocycles. The summed E-state index contributed by atoms with van der Waals surface area (Å²) in [4.78, 5) is 28.0. The Balaban J connectivity index is 0.000000174. The normalized spacial score (nSPS) is 25.3. The molecule has 12 rings (SSSR count). The molecule has 0 saturated carbocycles. The quantitative estimate of drug-likeness (QED) is 0.0705. The Kier molecular flexibility index (Phi) is 18.4. The van der Waals surface area contributed by atoms with E-state index >= 15 is 0 Å². The van der Waals surface area contributed by atoms with Crippen LogP contribution < -0.4 is 21.3 Å². The van der Waals surface area contributed by atoms with E-state index in [-0.39, 0.29) is 32.7 Å². The molecule has 0 unspecified atom stereocenters. The first-order chi connectivity index (χ1) is 41.5. The molecule has 10 atom stereocenters. The van der Waals surface area contributed by atoms with Crippen LogP contribution in [0, 0.1) is 0 Å². The SMILES string of the molecule is CCCCCC.O=C1NC[C@@H](c2ccccc2)[C@@]12N[C@@H](c1ccccc1)[C@H](S(=O)(=O)c1ccccc1)[C@H]2S(=O)(=O)c1ccccc1.O=C1NC[C@@H](c2ccccc2)[C@@]12N[C@@H](c1ccccc1)[C@H](S(=O)(=O)c1ccccc1)[C@H]2S(=O)(=O)c1ccccc1. The molecule has 18 heteroatoms.